The quantitative estimate of drug-likeness (QED) is 0.830. The van der Waals surface area contributed by atoms with E-state index in [1.165, 1.54) is 5.56 Å². The number of anilines is 1. The summed E-state index contributed by atoms with van der Waals surface area (Å²) in [6.07, 6.45) is 0. The number of halogens is 1. The molecule has 0 heterocycles. The highest BCUT2D eigenvalue weighted by molar-refractivity contribution is 7.97. The van der Waals surface area contributed by atoms with Crippen LogP contribution in [0.1, 0.15) is 11.1 Å². The smallest absolute Gasteiger partial charge is 0.0447 e. The number of benzene rings is 2. The average molecular weight is 264 g/mol. The summed E-state index contributed by atoms with van der Waals surface area (Å²) in [5.41, 5.74) is 8.95. The molecule has 1 nitrogen and oxygen atoms in total. The minimum atomic E-state index is 0.768. The molecule has 2 N–H and O–H groups in total. The maximum absolute atomic E-state index is 6.11. The van der Waals surface area contributed by atoms with E-state index in [0.29, 0.717) is 0 Å². The van der Waals surface area contributed by atoms with Gasteiger partial charge < -0.3 is 5.73 Å². The summed E-state index contributed by atoms with van der Waals surface area (Å²) < 4.78 is 0. The largest absolute Gasteiger partial charge is 0.399 e. The Hall–Kier alpha value is -1.12. The van der Waals surface area contributed by atoms with E-state index >= 15 is 0 Å². The van der Waals surface area contributed by atoms with Crippen LogP contribution in [0.5, 0.6) is 0 Å². The molecular weight excluding hydrogens is 250 g/mol. The van der Waals surface area contributed by atoms with Crippen molar-refractivity contribution in [3.8, 4) is 0 Å². The standard InChI is InChI=1S/C14H14ClNS/c15-14-7-6-13(16)8-12(14)10-17-9-11-4-2-1-3-5-11/h1-8H,9-10,16H2. The lowest BCUT2D eigenvalue weighted by Crippen LogP contribution is -1.89. The molecule has 0 bridgehead atoms. The molecule has 0 aliphatic rings. The van der Waals surface area contributed by atoms with E-state index in [9.17, 15) is 0 Å². The average Bonchev–Trinajstić information content (AvgIpc) is 2.35. The van der Waals surface area contributed by atoms with Crippen LogP contribution in [0.4, 0.5) is 5.69 Å². The molecule has 3 heteroatoms. The molecule has 0 saturated carbocycles. The van der Waals surface area contributed by atoms with E-state index in [-0.39, 0.29) is 0 Å². The summed E-state index contributed by atoms with van der Waals surface area (Å²) >= 11 is 7.95. The second-order valence-corrected chi connectivity index (χ2v) is 5.22. The van der Waals surface area contributed by atoms with Gasteiger partial charge in [0.2, 0.25) is 0 Å². The number of hydrogen-bond acceptors (Lipinski definition) is 2. The Balaban J connectivity index is 1.92. The van der Waals surface area contributed by atoms with Crippen LogP contribution in [0.15, 0.2) is 48.5 Å². The molecular formula is C14H14ClNS. The van der Waals surface area contributed by atoms with E-state index in [1.807, 2.05) is 36.0 Å². The first kappa shape index (κ1) is 12.3. The van der Waals surface area contributed by atoms with Crippen molar-refractivity contribution in [3.63, 3.8) is 0 Å². The normalized spacial score (nSPS) is 10.4. The van der Waals surface area contributed by atoms with Gasteiger partial charge in [0.05, 0.1) is 0 Å². The number of nitrogens with two attached hydrogens (primary N) is 1. The lowest BCUT2D eigenvalue weighted by molar-refractivity contribution is 1.36. The van der Waals surface area contributed by atoms with Gasteiger partial charge >= 0.3 is 0 Å². The third kappa shape index (κ3) is 3.69. The predicted molar refractivity (Wildman–Crippen MR) is 77.3 cm³/mol. The van der Waals surface area contributed by atoms with E-state index in [0.717, 1.165) is 27.8 Å². The summed E-state index contributed by atoms with van der Waals surface area (Å²) in [4.78, 5) is 0. The van der Waals surface area contributed by atoms with E-state index in [1.54, 1.807) is 0 Å². The van der Waals surface area contributed by atoms with Crippen LogP contribution >= 0.6 is 23.4 Å². The summed E-state index contributed by atoms with van der Waals surface area (Å²) in [5, 5.41) is 0.791. The van der Waals surface area contributed by atoms with Crippen LogP contribution in [-0.4, -0.2) is 0 Å². The highest BCUT2D eigenvalue weighted by atomic mass is 35.5. The topological polar surface area (TPSA) is 26.0 Å². The molecule has 88 valence electrons. The van der Waals surface area contributed by atoms with Crippen LogP contribution in [0.2, 0.25) is 5.02 Å². The van der Waals surface area contributed by atoms with E-state index < -0.39 is 0 Å². The molecule has 0 fully saturated rings. The highest BCUT2D eigenvalue weighted by Gasteiger charge is 2.01. The summed E-state index contributed by atoms with van der Waals surface area (Å²) in [7, 11) is 0. The number of rotatable bonds is 4. The van der Waals surface area contributed by atoms with Gasteiger partial charge in [0, 0.05) is 22.2 Å². The molecule has 17 heavy (non-hydrogen) atoms. The fourth-order valence-electron chi connectivity index (χ4n) is 1.56. The first-order valence-corrected chi connectivity index (χ1v) is 6.94. The van der Waals surface area contributed by atoms with Gasteiger partial charge in [-0.1, -0.05) is 41.9 Å². The molecule has 2 rings (SSSR count). The van der Waals surface area contributed by atoms with Crippen molar-refractivity contribution < 1.29 is 0 Å². The first-order valence-electron chi connectivity index (χ1n) is 5.41. The van der Waals surface area contributed by atoms with Crippen LogP contribution in [0.25, 0.3) is 0 Å². The highest BCUT2D eigenvalue weighted by Crippen LogP contribution is 2.25. The lowest BCUT2D eigenvalue weighted by atomic mass is 10.2. The minimum Gasteiger partial charge on any atom is -0.399 e. The van der Waals surface area contributed by atoms with Crippen molar-refractivity contribution >= 4 is 29.1 Å². The van der Waals surface area contributed by atoms with Gasteiger partial charge in [0.1, 0.15) is 0 Å². The third-order valence-electron chi connectivity index (χ3n) is 2.44. The number of hydrogen-bond donors (Lipinski definition) is 1. The summed E-state index contributed by atoms with van der Waals surface area (Å²) in [6, 6.07) is 16.0. The van der Waals surface area contributed by atoms with E-state index in [4.69, 9.17) is 17.3 Å². The van der Waals surface area contributed by atoms with Gasteiger partial charge in [-0.15, -0.1) is 0 Å². The zero-order valence-electron chi connectivity index (χ0n) is 9.40. The van der Waals surface area contributed by atoms with Gasteiger partial charge in [-0.2, -0.15) is 11.8 Å². The van der Waals surface area contributed by atoms with Crippen molar-refractivity contribution in [1.29, 1.82) is 0 Å². The monoisotopic (exact) mass is 263 g/mol. The zero-order valence-corrected chi connectivity index (χ0v) is 11.0. The van der Waals surface area contributed by atoms with Crippen molar-refractivity contribution in [1.82, 2.24) is 0 Å². The first-order chi connectivity index (χ1) is 8.25. The summed E-state index contributed by atoms with van der Waals surface area (Å²) in [6.45, 7) is 0. The molecule has 0 spiro atoms. The molecule has 2 aromatic rings. The van der Waals surface area contributed by atoms with Crippen LogP contribution in [-0.2, 0) is 11.5 Å². The van der Waals surface area contributed by atoms with Gasteiger partial charge in [0.25, 0.3) is 0 Å². The van der Waals surface area contributed by atoms with Crippen LogP contribution < -0.4 is 5.73 Å². The number of thioether (sulfide) groups is 1. The molecule has 0 amide bonds. The molecule has 0 saturated heterocycles. The Morgan fingerprint density at radius 1 is 1.00 bits per heavy atom. The van der Waals surface area contributed by atoms with Gasteiger partial charge in [-0.3, -0.25) is 0 Å². The molecule has 0 atom stereocenters. The molecule has 0 radical (unpaired) electrons. The Morgan fingerprint density at radius 2 is 1.76 bits per heavy atom. The van der Waals surface area contributed by atoms with Gasteiger partial charge in [-0.05, 0) is 29.3 Å². The fraction of sp³-hybridized carbons (Fsp3) is 0.143. The maximum atomic E-state index is 6.11. The van der Waals surface area contributed by atoms with Crippen molar-refractivity contribution in [2.45, 2.75) is 11.5 Å². The van der Waals surface area contributed by atoms with Gasteiger partial charge in [0.15, 0.2) is 0 Å². The summed E-state index contributed by atoms with van der Waals surface area (Å²) in [5.74, 6) is 1.88. The van der Waals surface area contributed by atoms with Crippen LogP contribution in [0, 0.1) is 0 Å². The predicted octanol–water partition coefficient (Wildman–Crippen LogP) is 4.36. The number of nitrogen functional groups attached to an aromatic ring is 1. The molecule has 0 aliphatic heterocycles. The van der Waals surface area contributed by atoms with Gasteiger partial charge in [-0.25, -0.2) is 0 Å². The molecule has 0 aliphatic carbocycles. The zero-order chi connectivity index (χ0) is 12.1. The van der Waals surface area contributed by atoms with Crippen molar-refractivity contribution in [3.05, 3.63) is 64.7 Å². The maximum Gasteiger partial charge on any atom is 0.0447 e. The minimum absolute atomic E-state index is 0.768. The van der Waals surface area contributed by atoms with Crippen molar-refractivity contribution in [2.24, 2.45) is 0 Å². The fourth-order valence-corrected chi connectivity index (χ4v) is 2.81. The molecule has 0 aromatic heterocycles. The molecule has 2 aromatic carbocycles. The Morgan fingerprint density at radius 3 is 2.53 bits per heavy atom. The Bertz CT molecular complexity index is 485. The third-order valence-corrected chi connectivity index (χ3v) is 3.86. The van der Waals surface area contributed by atoms with Crippen molar-refractivity contribution in [2.75, 3.05) is 5.73 Å². The second kappa shape index (κ2) is 5.99. The lowest BCUT2D eigenvalue weighted by Gasteiger charge is -2.05. The Labute approximate surface area is 111 Å². The van der Waals surface area contributed by atoms with E-state index in [2.05, 4.69) is 24.3 Å². The van der Waals surface area contributed by atoms with Crippen LogP contribution in [0.3, 0.4) is 0 Å². The second-order valence-electron chi connectivity index (χ2n) is 3.83. The molecule has 0 unspecified atom stereocenters. The Kier molecular flexibility index (Phi) is 4.35. The SMILES string of the molecule is Nc1ccc(Cl)c(CSCc2ccccc2)c1.